The van der Waals surface area contributed by atoms with E-state index in [0.717, 1.165) is 0 Å². The highest BCUT2D eigenvalue weighted by Gasteiger charge is 2.29. The molecule has 1 rings (SSSR count). The number of hydrogen-bond acceptors (Lipinski definition) is 3. The van der Waals surface area contributed by atoms with Crippen molar-refractivity contribution in [3.8, 4) is 11.8 Å². The molecule has 0 amide bonds. The zero-order chi connectivity index (χ0) is 12.3. The van der Waals surface area contributed by atoms with Gasteiger partial charge in [0.05, 0.1) is 24.7 Å². The average Bonchev–Trinajstić information content (AvgIpc) is 2.27. The van der Waals surface area contributed by atoms with Crippen LogP contribution in [0.15, 0.2) is 18.2 Å². The van der Waals surface area contributed by atoms with Gasteiger partial charge in [-0.2, -0.15) is 5.26 Å². The maximum Gasteiger partial charge on any atom is 0.165 e. The molecular weight excluding hydrogens is 209 g/mol. The Bertz CT molecular complexity index is 424. The Morgan fingerprint density at radius 1 is 1.50 bits per heavy atom. The monoisotopic (exact) mass is 223 g/mol. The number of nitrogens with zero attached hydrogens (tertiary/aromatic N) is 1. The number of nitriles is 1. The van der Waals surface area contributed by atoms with Crippen molar-refractivity contribution in [2.24, 2.45) is 5.41 Å². The molecule has 4 heteroatoms. The average molecular weight is 223 g/mol. The summed E-state index contributed by atoms with van der Waals surface area (Å²) < 4.78 is 18.2. The molecule has 3 nitrogen and oxygen atoms in total. The molecule has 0 heterocycles. The summed E-state index contributed by atoms with van der Waals surface area (Å²) in [5, 5.41) is 18.8. The first kappa shape index (κ1) is 12.5. The number of aliphatic hydroxyl groups is 1. The van der Waals surface area contributed by atoms with Gasteiger partial charge in [0.2, 0.25) is 0 Å². The lowest BCUT2D eigenvalue weighted by molar-refractivity contribution is 0.0864. The van der Waals surface area contributed by atoms with Crippen molar-refractivity contribution >= 4 is 0 Å². The summed E-state index contributed by atoms with van der Waals surface area (Å²) in [5.41, 5.74) is -0.592. The lowest BCUT2D eigenvalue weighted by Gasteiger charge is -2.23. The van der Waals surface area contributed by atoms with Crippen molar-refractivity contribution in [3.05, 3.63) is 29.6 Å². The minimum Gasteiger partial charge on any atom is -0.494 e. The molecule has 0 fully saturated rings. The number of aliphatic hydroxyl groups excluding tert-OH is 1. The minimum absolute atomic E-state index is 0.116. The van der Waals surface area contributed by atoms with Crippen LogP contribution in [0.2, 0.25) is 0 Å². The molecule has 1 N–H and O–H groups in total. The van der Waals surface area contributed by atoms with Crippen molar-refractivity contribution in [2.75, 3.05) is 7.11 Å². The lowest BCUT2D eigenvalue weighted by atomic mass is 9.84. The molecule has 0 radical (unpaired) electrons. The van der Waals surface area contributed by atoms with E-state index in [0.29, 0.717) is 5.56 Å². The number of rotatable bonds is 3. The fourth-order valence-corrected chi connectivity index (χ4v) is 1.33. The Hall–Kier alpha value is -1.60. The van der Waals surface area contributed by atoms with Crippen LogP contribution in [-0.4, -0.2) is 12.2 Å². The molecule has 0 aliphatic rings. The molecule has 0 saturated heterocycles. The second-order valence-corrected chi connectivity index (χ2v) is 4.13. The van der Waals surface area contributed by atoms with E-state index in [4.69, 9.17) is 10.00 Å². The van der Waals surface area contributed by atoms with E-state index in [9.17, 15) is 9.50 Å². The Labute approximate surface area is 94.1 Å². The Kier molecular flexibility index (Phi) is 3.51. The van der Waals surface area contributed by atoms with Crippen LogP contribution in [0.4, 0.5) is 4.39 Å². The highest BCUT2D eigenvalue weighted by Crippen LogP contribution is 2.33. The third-order valence-electron chi connectivity index (χ3n) is 2.46. The Balaban J connectivity index is 3.08. The van der Waals surface area contributed by atoms with Crippen LogP contribution in [0.25, 0.3) is 0 Å². The van der Waals surface area contributed by atoms with Crippen LogP contribution < -0.4 is 4.74 Å². The highest BCUT2D eigenvalue weighted by atomic mass is 19.1. The molecule has 86 valence electrons. The maximum absolute atomic E-state index is 13.4. The fraction of sp³-hybridized carbons (Fsp3) is 0.417. The van der Waals surface area contributed by atoms with Gasteiger partial charge < -0.3 is 9.84 Å². The predicted octanol–water partition coefficient (Wildman–Crippen LogP) is 2.42. The van der Waals surface area contributed by atoms with Gasteiger partial charge in [-0.25, -0.2) is 4.39 Å². The molecule has 0 bridgehead atoms. The third-order valence-corrected chi connectivity index (χ3v) is 2.46. The lowest BCUT2D eigenvalue weighted by Crippen LogP contribution is -2.19. The first-order chi connectivity index (χ1) is 7.42. The number of halogens is 1. The predicted molar refractivity (Wildman–Crippen MR) is 57.3 cm³/mol. The third kappa shape index (κ3) is 2.31. The molecule has 16 heavy (non-hydrogen) atoms. The van der Waals surface area contributed by atoms with E-state index in [2.05, 4.69) is 0 Å². The summed E-state index contributed by atoms with van der Waals surface area (Å²) in [5.74, 6) is -0.432. The Morgan fingerprint density at radius 3 is 2.56 bits per heavy atom. The molecule has 0 aliphatic heterocycles. The first-order valence-electron chi connectivity index (χ1n) is 4.85. The second kappa shape index (κ2) is 4.50. The van der Waals surface area contributed by atoms with Crippen LogP contribution in [0.3, 0.4) is 0 Å². The molecule has 0 aliphatic carbocycles. The van der Waals surface area contributed by atoms with Crippen molar-refractivity contribution in [3.63, 3.8) is 0 Å². The van der Waals surface area contributed by atoms with Crippen molar-refractivity contribution < 1.29 is 14.2 Å². The molecular formula is C12H14FNO2. The van der Waals surface area contributed by atoms with Crippen LogP contribution in [0.1, 0.15) is 25.5 Å². The van der Waals surface area contributed by atoms with Gasteiger partial charge >= 0.3 is 0 Å². The number of hydrogen-bond donors (Lipinski definition) is 1. The second-order valence-electron chi connectivity index (χ2n) is 4.13. The van der Waals surface area contributed by atoms with E-state index in [1.54, 1.807) is 19.9 Å². The van der Waals surface area contributed by atoms with Crippen LogP contribution >= 0.6 is 0 Å². The highest BCUT2D eigenvalue weighted by molar-refractivity contribution is 5.31. The largest absolute Gasteiger partial charge is 0.494 e. The van der Waals surface area contributed by atoms with Gasteiger partial charge in [-0.05, 0) is 31.5 Å². The molecule has 1 unspecified atom stereocenters. The zero-order valence-electron chi connectivity index (χ0n) is 9.49. The van der Waals surface area contributed by atoms with E-state index in [-0.39, 0.29) is 5.75 Å². The topological polar surface area (TPSA) is 53.2 Å². The molecule has 1 atom stereocenters. The summed E-state index contributed by atoms with van der Waals surface area (Å²) in [4.78, 5) is 0. The van der Waals surface area contributed by atoms with E-state index < -0.39 is 17.3 Å². The quantitative estimate of drug-likeness (QED) is 0.856. The smallest absolute Gasteiger partial charge is 0.165 e. The van der Waals surface area contributed by atoms with Gasteiger partial charge in [0.1, 0.15) is 0 Å². The first-order valence-corrected chi connectivity index (χ1v) is 4.85. The maximum atomic E-state index is 13.4. The van der Waals surface area contributed by atoms with Gasteiger partial charge in [0, 0.05) is 0 Å². The molecule has 1 aromatic carbocycles. The van der Waals surface area contributed by atoms with Gasteiger partial charge in [-0.1, -0.05) is 6.07 Å². The van der Waals surface area contributed by atoms with Gasteiger partial charge in [0.15, 0.2) is 11.6 Å². The molecule has 0 aromatic heterocycles. The Morgan fingerprint density at radius 2 is 2.12 bits per heavy atom. The normalized spacial score (nSPS) is 13.0. The summed E-state index contributed by atoms with van der Waals surface area (Å²) in [6, 6.07) is 6.15. The van der Waals surface area contributed by atoms with E-state index >= 15 is 0 Å². The van der Waals surface area contributed by atoms with Crippen LogP contribution in [0, 0.1) is 22.6 Å². The van der Waals surface area contributed by atoms with Gasteiger partial charge in [-0.15, -0.1) is 0 Å². The van der Waals surface area contributed by atoms with Crippen LogP contribution in [0.5, 0.6) is 5.75 Å². The van der Waals surface area contributed by atoms with Crippen molar-refractivity contribution in [1.29, 1.82) is 5.26 Å². The minimum atomic E-state index is -1.03. The zero-order valence-corrected chi connectivity index (χ0v) is 9.49. The molecule has 0 saturated carbocycles. The summed E-state index contributed by atoms with van der Waals surface area (Å²) in [6.45, 7) is 3.19. The van der Waals surface area contributed by atoms with Crippen molar-refractivity contribution in [2.45, 2.75) is 20.0 Å². The summed E-state index contributed by atoms with van der Waals surface area (Å²) in [6.07, 6.45) is -1.03. The number of ether oxygens (including phenoxy) is 1. The van der Waals surface area contributed by atoms with E-state index in [1.165, 1.54) is 19.2 Å². The number of benzene rings is 1. The SMILES string of the molecule is COc1ccc(C(O)C(C)(C)C#N)cc1F. The number of methoxy groups -OCH3 is 1. The summed E-state index contributed by atoms with van der Waals surface area (Å²) >= 11 is 0. The fourth-order valence-electron chi connectivity index (χ4n) is 1.33. The van der Waals surface area contributed by atoms with Crippen LogP contribution in [-0.2, 0) is 0 Å². The molecule has 1 aromatic rings. The molecule has 0 spiro atoms. The summed E-state index contributed by atoms with van der Waals surface area (Å²) in [7, 11) is 1.37. The standard InChI is InChI=1S/C12H14FNO2/c1-12(2,7-14)11(15)8-4-5-10(16-3)9(13)6-8/h4-6,11,15H,1-3H3. The van der Waals surface area contributed by atoms with Gasteiger partial charge in [0.25, 0.3) is 0 Å². The van der Waals surface area contributed by atoms with Gasteiger partial charge in [-0.3, -0.25) is 0 Å². The van der Waals surface area contributed by atoms with Crippen molar-refractivity contribution in [1.82, 2.24) is 0 Å². The van der Waals surface area contributed by atoms with E-state index in [1.807, 2.05) is 6.07 Å².